The predicted molar refractivity (Wildman–Crippen MR) is 47.8 cm³/mol. The molecule has 18 heavy (non-hydrogen) atoms. The molecule has 0 aromatic rings. The van der Waals surface area contributed by atoms with E-state index in [1.165, 1.54) is 0 Å². The van der Waals surface area contributed by atoms with Crippen LogP contribution in [0.4, 0.5) is 39.5 Å². The van der Waals surface area contributed by atoms with Crippen molar-refractivity contribution in [1.82, 2.24) is 0 Å². The minimum atomic E-state index is -6.85. The molecule has 0 aliphatic heterocycles. The second-order valence-corrected chi connectivity index (χ2v) is 7.68. The lowest BCUT2D eigenvalue weighted by molar-refractivity contribution is -0.396. The number of halogens is 11. The summed E-state index contributed by atoms with van der Waals surface area (Å²) in [5, 5.41) is 0. The topological polar surface area (TPSA) is 0 Å². The highest BCUT2D eigenvalue weighted by molar-refractivity contribution is 7.33. The molecule has 12 heteroatoms. The van der Waals surface area contributed by atoms with Crippen LogP contribution in [0, 0.1) is 0 Å². The molecule has 0 N–H and O–H groups in total. The Kier molecular flexibility index (Phi) is 5.32. The van der Waals surface area contributed by atoms with E-state index in [0.717, 1.165) is 0 Å². The predicted octanol–water partition coefficient (Wildman–Crippen LogP) is 4.81. The van der Waals surface area contributed by atoms with E-state index < -0.39 is 43.8 Å². The summed E-state index contributed by atoms with van der Waals surface area (Å²) in [6.07, 6.45) is -8.76. The average Bonchev–Trinajstić information content (AvgIpc) is 2.12. The molecule has 0 aromatic carbocycles. The largest absolute Gasteiger partial charge is 0.460 e. The first-order chi connectivity index (χ1) is 7.67. The van der Waals surface area contributed by atoms with Gasteiger partial charge in [0.05, 0.1) is 0 Å². The molecule has 0 bridgehead atoms. The standard InChI is InChI=1S/C6H4Cl2F9Si/c7-18(8)2-1-3(9,10)4(11,12)5(13,14)6(15,16)17/h1-2H2. The second kappa shape index (κ2) is 5.27. The van der Waals surface area contributed by atoms with E-state index in [1.807, 2.05) is 0 Å². The Morgan fingerprint density at radius 1 is 0.722 bits per heavy atom. The van der Waals surface area contributed by atoms with Gasteiger partial charge in [0.1, 0.15) is 0 Å². The van der Waals surface area contributed by atoms with Crippen molar-refractivity contribution in [2.24, 2.45) is 0 Å². The van der Waals surface area contributed by atoms with Gasteiger partial charge in [-0.05, 0) is 6.04 Å². The third-order valence-electron chi connectivity index (χ3n) is 1.84. The molecule has 0 atom stereocenters. The molecule has 0 amide bonds. The summed E-state index contributed by atoms with van der Waals surface area (Å²) < 4.78 is 110. The summed E-state index contributed by atoms with van der Waals surface area (Å²) in [7, 11) is -2.50. The molecular formula is C6H4Cl2F9Si. The van der Waals surface area contributed by atoms with Gasteiger partial charge in [0, 0.05) is 6.42 Å². The van der Waals surface area contributed by atoms with Crippen LogP contribution in [-0.4, -0.2) is 31.4 Å². The van der Waals surface area contributed by atoms with Gasteiger partial charge in [0.25, 0.3) is 7.42 Å². The highest BCUT2D eigenvalue weighted by atomic mass is 35.7. The summed E-state index contributed by atoms with van der Waals surface area (Å²) in [4.78, 5) is 0. The van der Waals surface area contributed by atoms with Crippen LogP contribution in [0.2, 0.25) is 6.04 Å². The first-order valence-electron chi connectivity index (χ1n) is 4.04. The van der Waals surface area contributed by atoms with Gasteiger partial charge < -0.3 is 0 Å². The lowest BCUT2D eigenvalue weighted by Crippen LogP contribution is -2.60. The maximum atomic E-state index is 12.8. The zero-order valence-corrected chi connectivity index (χ0v) is 10.6. The molecular weight excluding hydrogens is 342 g/mol. The van der Waals surface area contributed by atoms with Gasteiger partial charge in [-0.3, -0.25) is 0 Å². The van der Waals surface area contributed by atoms with Crippen LogP contribution in [0.1, 0.15) is 6.42 Å². The van der Waals surface area contributed by atoms with Gasteiger partial charge in [-0.25, -0.2) is 0 Å². The van der Waals surface area contributed by atoms with Crippen molar-refractivity contribution < 1.29 is 39.5 Å². The van der Waals surface area contributed by atoms with Gasteiger partial charge in [-0.15, -0.1) is 22.2 Å². The average molecular weight is 346 g/mol. The van der Waals surface area contributed by atoms with Crippen molar-refractivity contribution in [3.05, 3.63) is 0 Å². The van der Waals surface area contributed by atoms with Gasteiger partial charge in [0.15, 0.2) is 0 Å². The minimum absolute atomic E-state index is 0.968. The number of rotatable bonds is 5. The maximum absolute atomic E-state index is 12.8. The summed E-state index contributed by atoms with van der Waals surface area (Å²) >= 11 is 10.0. The molecule has 0 spiro atoms. The molecule has 0 rings (SSSR count). The van der Waals surface area contributed by atoms with E-state index in [-0.39, 0.29) is 0 Å². The van der Waals surface area contributed by atoms with Crippen LogP contribution in [0.5, 0.6) is 0 Å². The van der Waals surface area contributed by atoms with Gasteiger partial charge in [-0.1, -0.05) is 0 Å². The second-order valence-electron chi connectivity index (χ2n) is 3.19. The van der Waals surface area contributed by atoms with E-state index in [4.69, 9.17) is 22.2 Å². The Morgan fingerprint density at radius 2 is 1.11 bits per heavy atom. The van der Waals surface area contributed by atoms with Crippen molar-refractivity contribution in [3.8, 4) is 0 Å². The lowest BCUT2D eigenvalue weighted by atomic mass is 10.0. The Balaban J connectivity index is 5.23. The Bertz CT molecular complexity index is 287. The zero-order valence-electron chi connectivity index (χ0n) is 8.07. The van der Waals surface area contributed by atoms with Gasteiger partial charge >= 0.3 is 23.9 Å². The highest BCUT2D eigenvalue weighted by Crippen LogP contribution is 2.54. The first-order valence-corrected chi connectivity index (χ1v) is 7.77. The van der Waals surface area contributed by atoms with Crippen LogP contribution in [-0.2, 0) is 0 Å². The Morgan fingerprint density at radius 3 is 1.39 bits per heavy atom. The number of hydrogen-bond donors (Lipinski definition) is 0. The number of hydrogen-bond acceptors (Lipinski definition) is 0. The molecule has 0 saturated carbocycles. The van der Waals surface area contributed by atoms with Gasteiger partial charge in [-0.2, -0.15) is 39.5 Å². The molecule has 0 heterocycles. The van der Waals surface area contributed by atoms with Crippen molar-refractivity contribution in [3.63, 3.8) is 0 Å². The fourth-order valence-corrected chi connectivity index (χ4v) is 1.89. The molecule has 0 aliphatic carbocycles. The molecule has 0 aromatic heterocycles. The molecule has 0 nitrogen and oxygen atoms in total. The van der Waals surface area contributed by atoms with E-state index in [9.17, 15) is 39.5 Å². The summed E-state index contributed by atoms with van der Waals surface area (Å²) in [6.45, 7) is 0. The summed E-state index contributed by atoms with van der Waals surface area (Å²) in [5.41, 5.74) is 0. The lowest BCUT2D eigenvalue weighted by Gasteiger charge is -2.33. The first kappa shape index (κ1) is 18.2. The normalized spacial score (nSPS) is 15.3. The quantitative estimate of drug-likeness (QED) is 0.381. The number of alkyl halides is 9. The maximum Gasteiger partial charge on any atom is 0.460 e. The highest BCUT2D eigenvalue weighted by Gasteiger charge is 2.81. The third-order valence-corrected chi connectivity index (χ3v) is 3.60. The molecule has 0 fully saturated rings. The molecule has 109 valence electrons. The minimum Gasteiger partial charge on any atom is -0.200 e. The van der Waals surface area contributed by atoms with E-state index in [1.54, 1.807) is 0 Å². The zero-order chi connectivity index (χ0) is 15.0. The third kappa shape index (κ3) is 3.38. The Labute approximate surface area is 106 Å². The van der Waals surface area contributed by atoms with Crippen LogP contribution in [0.25, 0.3) is 0 Å². The fourth-order valence-electron chi connectivity index (χ4n) is 0.816. The van der Waals surface area contributed by atoms with Crippen molar-refractivity contribution >= 4 is 29.6 Å². The fraction of sp³-hybridized carbons (Fsp3) is 1.00. The van der Waals surface area contributed by atoms with Crippen LogP contribution in [0.3, 0.4) is 0 Å². The molecule has 0 saturated heterocycles. The van der Waals surface area contributed by atoms with E-state index in [2.05, 4.69) is 0 Å². The summed E-state index contributed by atoms with van der Waals surface area (Å²) in [5.74, 6) is -19.0. The summed E-state index contributed by atoms with van der Waals surface area (Å²) in [6, 6.07) is -0.968. The van der Waals surface area contributed by atoms with Crippen molar-refractivity contribution in [2.75, 3.05) is 0 Å². The van der Waals surface area contributed by atoms with Crippen LogP contribution in [0.15, 0.2) is 0 Å². The van der Waals surface area contributed by atoms with E-state index >= 15 is 0 Å². The van der Waals surface area contributed by atoms with E-state index in [0.29, 0.717) is 0 Å². The molecule has 1 radical (unpaired) electrons. The molecule has 0 unspecified atom stereocenters. The smallest absolute Gasteiger partial charge is 0.200 e. The van der Waals surface area contributed by atoms with Crippen LogP contribution >= 0.6 is 22.2 Å². The van der Waals surface area contributed by atoms with Crippen molar-refractivity contribution in [2.45, 2.75) is 36.4 Å². The molecule has 0 aliphatic rings. The van der Waals surface area contributed by atoms with Gasteiger partial charge in [0.2, 0.25) is 0 Å². The SMILES string of the molecule is FC(F)(F)C(F)(F)C(F)(F)C(F)(F)CC[Si](Cl)Cl. The van der Waals surface area contributed by atoms with Crippen LogP contribution < -0.4 is 0 Å². The Hall–Kier alpha value is 0.167. The van der Waals surface area contributed by atoms with Crippen molar-refractivity contribution in [1.29, 1.82) is 0 Å². The monoisotopic (exact) mass is 345 g/mol.